The fourth-order valence-corrected chi connectivity index (χ4v) is 3.46. The van der Waals surface area contributed by atoms with Gasteiger partial charge in [-0.25, -0.2) is 4.39 Å². The Bertz CT molecular complexity index is 864. The van der Waals surface area contributed by atoms with Crippen molar-refractivity contribution in [1.82, 2.24) is 4.90 Å². The first-order valence-electron chi connectivity index (χ1n) is 7.32. The molecule has 1 aliphatic rings. The van der Waals surface area contributed by atoms with E-state index in [0.29, 0.717) is 11.3 Å². The van der Waals surface area contributed by atoms with Crippen molar-refractivity contribution in [1.29, 1.82) is 0 Å². The van der Waals surface area contributed by atoms with Crippen LogP contribution in [0.4, 0.5) is 9.18 Å². The van der Waals surface area contributed by atoms with Gasteiger partial charge in [0, 0.05) is 16.1 Å². The number of hydrogen-bond donors (Lipinski definition) is 0. The summed E-state index contributed by atoms with van der Waals surface area (Å²) in [5.74, 6) is -0.452. The summed E-state index contributed by atoms with van der Waals surface area (Å²) in [6.45, 7) is -0.209. The molecule has 0 N–H and O–H groups in total. The van der Waals surface area contributed by atoms with Crippen LogP contribution in [0.25, 0.3) is 6.08 Å². The Hall–Kier alpha value is -2.31. The Morgan fingerprint density at radius 2 is 1.96 bits per heavy atom. The molecule has 0 bridgehead atoms. The third-order valence-electron chi connectivity index (χ3n) is 3.68. The Morgan fingerprint density at radius 3 is 2.68 bits per heavy atom. The zero-order chi connectivity index (χ0) is 18.0. The van der Waals surface area contributed by atoms with Crippen LogP contribution in [0.1, 0.15) is 11.1 Å². The van der Waals surface area contributed by atoms with Crippen molar-refractivity contribution in [2.24, 2.45) is 0 Å². The highest BCUT2D eigenvalue weighted by atomic mass is 35.5. The van der Waals surface area contributed by atoms with Gasteiger partial charge in [0.2, 0.25) is 0 Å². The molecule has 0 atom stereocenters. The summed E-state index contributed by atoms with van der Waals surface area (Å²) >= 11 is 6.79. The number of para-hydroxylation sites is 1. The Labute approximate surface area is 153 Å². The van der Waals surface area contributed by atoms with E-state index in [2.05, 4.69) is 0 Å². The molecule has 2 aromatic carbocycles. The molecular formula is C18H13ClFNO3S. The smallest absolute Gasteiger partial charge is 0.293 e. The van der Waals surface area contributed by atoms with Crippen LogP contribution in [0.2, 0.25) is 5.02 Å². The highest BCUT2D eigenvalue weighted by Gasteiger charge is 2.36. The Morgan fingerprint density at radius 1 is 1.20 bits per heavy atom. The SMILES string of the molecule is COc1ccccc1/C=C1\SC(=O)N(Cc2c(F)cccc2Cl)C1=O. The number of amides is 2. The number of hydrogen-bond acceptors (Lipinski definition) is 4. The summed E-state index contributed by atoms with van der Waals surface area (Å²) < 4.78 is 19.2. The maximum absolute atomic E-state index is 13.9. The lowest BCUT2D eigenvalue weighted by atomic mass is 10.1. The van der Waals surface area contributed by atoms with Crippen molar-refractivity contribution in [3.05, 3.63) is 69.3 Å². The molecule has 0 aromatic heterocycles. The zero-order valence-corrected chi connectivity index (χ0v) is 14.7. The van der Waals surface area contributed by atoms with Gasteiger partial charge < -0.3 is 4.74 Å². The van der Waals surface area contributed by atoms with E-state index in [1.54, 1.807) is 24.3 Å². The van der Waals surface area contributed by atoms with Crippen LogP contribution < -0.4 is 4.74 Å². The van der Waals surface area contributed by atoms with Gasteiger partial charge in [-0.15, -0.1) is 0 Å². The van der Waals surface area contributed by atoms with Crippen molar-refractivity contribution < 1.29 is 18.7 Å². The molecule has 1 fully saturated rings. The minimum Gasteiger partial charge on any atom is -0.496 e. The Balaban J connectivity index is 1.89. The number of thioether (sulfide) groups is 1. The summed E-state index contributed by atoms with van der Waals surface area (Å²) in [7, 11) is 1.53. The van der Waals surface area contributed by atoms with E-state index in [4.69, 9.17) is 16.3 Å². The average Bonchev–Trinajstić information content (AvgIpc) is 2.85. The number of carbonyl (C=O) groups excluding carboxylic acids is 2. The van der Waals surface area contributed by atoms with Crippen molar-refractivity contribution in [3.8, 4) is 5.75 Å². The molecule has 0 spiro atoms. The van der Waals surface area contributed by atoms with Gasteiger partial charge >= 0.3 is 0 Å². The largest absolute Gasteiger partial charge is 0.496 e. The summed E-state index contributed by atoms with van der Waals surface area (Å²) in [4.78, 5) is 26.0. The molecule has 7 heteroatoms. The second kappa shape index (κ2) is 7.29. The van der Waals surface area contributed by atoms with Crippen LogP contribution >= 0.6 is 23.4 Å². The molecule has 0 saturated carbocycles. The maximum atomic E-state index is 13.9. The second-order valence-electron chi connectivity index (χ2n) is 5.21. The molecule has 1 saturated heterocycles. The molecule has 2 aromatic rings. The normalized spacial score (nSPS) is 16.0. The van der Waals surface area contributed by atoms with Crippen molar-refractivity contribution in [2.45, 2.75) is 6.54 Å². The topological polar surface area (TPSA) is 46.6 Å². The number of imide groups is 1. The van der Waals surface area contributed by atoms with Gasteiger partial charge in [-0.1, -0.05) is 35.9 Å². The molecule has 0 unspecified atom stereocenters. The van der Waals surface area contributed by atoms with Crippen LogP contribution in [0.3, 0.4) is 0 Å². The quantitative estimate of drug-likeness (QED) is 0.723. The van der Waals surface area contributed by atoms with Gasteiger partial charge in [-0.3, -0.25) is 14.5 Å². The molecule has 2 amide bonds. The molecule has 0 aliphatic carbocycles. The number of halogens is 2. The zero-order valence-electron chi connectivity index (χ0n) is 13.2. The number of rotatable bonds is 4. The highest BCUT2D eigenvalue weighted by Crippen LogP contribution is 2.35. The van der Waals surface area contributed by atoms with Crippen LogP contribution in [0.15, 0.2) is 47.4 Å². The predicted molar refractivity (Wildman–Crippen MR) is 95.9 cm³/mol. The fraction of sp³-hybridized carbons (Fsp3) is 0.111. The van der Waals surface area contributed by atoms with E-state index in [-0.39, 0.29) is 22.0 Å². The molecule has 0 radical (unpaired) electrons. The fourth-order valence-electron chi connectivity index (χ4n) is 2.40. The van der Waals surface area contributed by atoms with E-state index in [1.165, 1.54) is 25.3 Å². The van der Waals surface area contributed by atoms with Crippen LogP contribution in [-0.4, -0.2) is 23.2 Å². The van der Waals surface area contributed by atoms with E-state index >= 15 is 0 Å². The van der Waals surface area contributed by atoms with Crippen LogP contribution in [0, 0.1) is 5.82 Å². The monoisotopic (exact) mass is 377 g/mol. The van der Waals surface area contributed by atoms with Crippen molar-refractivity contribution in [3.63, 3.8) is 0 Å². The molecule has 25 heavy (non-hydrogen) atoms. The number of methoxy groups -OCH3 is 1. The molecular weight excluding hydrogens is 365 g/mol. The van der Waals surface area contributed by atoms with Gasteiger partial charge in [-0.05, 0) is 36.0 Å². The number of nitrogens with zero attached hydrogens (tertiary/aromatic N) is 1. The van der Waals surface area contributed by atoms with Crippen LogP contribution in [0.5, 0.6) is 5.75 Å². The van der Waals surface area contributed by atoms with Gasteiger partial charge in [0.1, 0.15) is 11.6 Å². The minimum absolute atomic E-state index is 0.116. The second-order valence-corrected chi connectivity index (χ2v) is 6.61. The van der Waals surface area contributed by atoms with Gasteiger partial charge in [-0.2, -0.15) is 0 Å². The first-order chi connectivity index (χ1) is 12.0. The van der Waals surface area contributed by atoms with Crippen molar-refractivity contribution >= 4 is 40.6 Å². The van der Waals surface area contributed by atoms with E-state index in [9.17, 15) is 14.0 Å². The molecule has 128 valence electrons. The van der Waals surface area contributed by atoms with Gasteiger partial charge in [0.05, 0.1) is 18.6 Å². The van der Waals surface area contributed by atoms with E-state index in [0.717, 1.165) is 16.7 Å². The summed E-state index contributed by atoms with van der Waals surface area (Å²) in [6.07, 6.45) is 1.59. The molecule has 4 nitrogen and oxygen atoms in total. The summed E-state index contributed by atoms with van der Waals surface area (Å²) in [5.41, 5.74) is 0.796. The van der Waals surface area contributed by atoms with Gasteiger partial charge in [0.15, 0.2) is 0 Å². The lowest BCUT2D eigenvalue weighted by Gasteiger charge is -2.14. The number of ether oxygens (including phenoxy) is 1. The lowest BCUT2D eigenvalue weighted by Crippen LogP contribution is -2.28. The van der Waals surface area contributed by atoms with E-state index in [1.807, 2.05) is 6.07 Å². The number of carbonyl (C=O) groups is 2. The first-order valence-corrected chi connectivity index (χ1v) is 8.52. The van der Waals surface area contributed by atoms with Gasteiger partial charge in [0.25, 0.3) is 11.1 Å². The molecule has 1 heterocycles. The van der Waals surface area contributed by atoms with E-state index < -0.39 is 17.0 Å². The lowest BCUT2D eigenvalue weighted by molar-refractivity contribution is -0.123. The molecule has 1 aliphatic heterocycles. The standard InChI is InChI=1S/C18H13ClFNO3S/c1-24-15-8-3-2-5-11(15)9-16-17(22)21(18(23)25-16)10-12-13(19)6-4-7-14(12)20/h2-9H,10H2,1H3/b16-9-. The molecule has 3 rings (SSSR count). The Kier molecular flexibility index (Phi) is 5.11. The highest BCUT2D eigenvalue weighted by molar-refractivity contribution is 8.18. The van der Waals surface area contributed by atoms with Crippen molar-refractivity contribution in [2.75, 3.05) is 7.11 Å². The number of benzene rings is 2. The van der Waals surface area contributed by atoms with Crippen LogP contribution in [-0.2, 0) is 11.3 Å². The maximum Gasteiger partial charge on any atom is 0.293 e. The minimum atomic E-state index is -0.555. The summed E-state index contributed by atoms with van der Waals surface area (Å²) in [6, 6.07) is 11.4. The first kappa shape index (κ1) is 17.5. The summed E-state index contributed by atoms with van der Waals surface area (Å²) in [5, 5.41) is -0.293. The predicted octanol–water partition coefficient (Wildman–Crippen LogP) is 4.72. The third kappa shape index (κ3) is 3.55. The average molecular weight is 378 g/mol. The third-order valence-corrected chi connectivity index (χ3v) is 4.94.